The molecule has 0 radical (unpaired) electrons. The van der Waals surface area contributed by atoms with Gasteiger partial charge >= 0.3 is 6.18 Å². The largest absolute Gasteiger partial charge is 0.398 e. The fourth-order valence-corrected chi connectivity index (χ4v) is 2.84. The Morgan fingerprint density at radius 3 is 2.57 bits per heavy atom. The first kappa shape index (κ1) is 16.5. The van der Waals surface area contributed by atoms with Gasteiger partial charge in [-0.25, -0.2) is 0 Å². The van der Waals surface area contributed by atoms with Gasteiger partial charge in [-0.15, -0.1) is 0 Å². The summed E-state index contributed by atoms with van der Waals surface area (Å²) < 4.78 is 37.5. The van der Waals surface area contributed by atoms with E-state index >= 15 is 0 Å². The molecule has 2 rings (SSSR count). The summed E-state index contributed by atoms with van der Waals surface area (Å²) in [4.78, 5) is 0. The van der Waals surface area contributed by atoms with Crippen LogP contribution in [0.25, 0.3) is 0 Å². The van der Waals surface area contributed by atoms with Crippen molar-refractivity contribution in [2.24, 2.45) is 5.92 Å². The Bertz CT molecular complexity index is 387. The van der Waals surface area contributed by atoms with Crippen molar-refractivity contribution in [1.29, 1.82) is 0 Å². The average Bonchev–Trinajstić information content (AvgIpc) is 2.88. The van der Waals surface area contributed by atoms with Crippen LogP contribution in [0.15, 0.2) is 23.8 Å². The molecule has 2 atom stereocenters. The highest BCUT2D eigenvalue weighted by Gasteiger charge is 2.37. The van der Waals surface area contributed by atoms with Gasteiger partial charge in [0.25, 0.3) is 0 Å². The summed E-state index contributed by atoms with van der Waals surface area (Å²) in [6.45, 7) is 0.446. The van der Waals surface area contributed by atoms with Gasteiger partial charge in [0.05, 0.1) is 5.92 Å². The highest BCUT2D eigenvalue weighted by atomic mass is 19.4. The van der Waals surface area contributed by atoms with Crippen molar-refractivity contribution in [1.82, 2.24) is 10.6 Å². The fraction of sp³-hybridized carbons (Fsp3) is 0.733. The Labute approximate surface area is 123 Å². The molecule has 0 aromatic rings. The van der Waals surface area contributed by atoms with Crippen LogP contribution in [0.5, 0.6) is 0 Å². The van der Waals surface area contributed by atoms with Crippen molar-refractivity contribution in [2.75, 3.05) is 6.54 Å². The summed E-state index contributed by atoms with van der Waals surface area (Å²) in [5, 5.41) is 15.8. The van der Waals surface area contributed by atoms with Crippen molar-refractivity contribution in [3.8, 4) is 0 Å². The molecule has 3 nitrogen and oxygen atoms in total. The molecule has 0 aliphatic heterocycles. The van der Waals surface area contributed by atoms with Crippen LogP contribution in [0.4, 0.5) is 13.2 Å². The first-order chi connectivity index (χ1) is 9.95. The second kappa shape index (κ2) is 7.42. The van der Waals surface area contributed by atoms with Gasteiger partial charge in [-0.3, -0.25) is 10.6 Å². The summed E-state index contributed by atoms with van der Waals surface area (Å²) in [6, 6.07) is 0.335. The number of nitrogens with one attached hydrogen (secondary N) is 2. The lowest BCUT2D eigenvalue weighted by atomic mass is 9.96. The van der Waals surface area contributed by atoms with E-state index in [4.69, 9.17) is 0 Å². The number of allylic oxidation sites excluding steroid dienone is 3. The Balaban J connectivity index is 1.64. The third-order valence-electron chi connectivity index (χ3n) is 4.04. The van der Waals surface area contributed by atoms with Gasteiger partial charge in [0.1, 0.15) is 0 Å². The molecule has 0 aromatic carbocycles. The minimum Gasteiger partial charge on any atom is -0.365 e. The van der Waals surface area contributed by atoms with E-state index in [1.165, 1.54) is 37.5 Å². The van der Waals surface area contributed by atoms with Crippen molar-refractivity contribution in [2.45, 2.75) is 57.1 Å². The van der Waals surface area contributed by atoms with Crippen molar-refractivity contribution in [3.05, 3.63) is 23.8 Å². The zero-order chi connectivity index (χ0) is 15.3. The molecule has 2 aliphatic carbocycles. The molecular weight excluding hydrogens is 281 g/mol. The van der Waals surface area contributed by atoms with Crippen LogP contribution in [-0.4, -0.2) is 30.2 Å². The first-order valence-corrected chi connectivity index (χ1v) is 7.58. The highest BCUT2D eigenvalue weighted by Crippen LogP contribution is 2.33. The molecule has 2 aliphatic rings. The fourth-order valence-electron chi connectivity index (χ4n) is 2.84. The Hall–Kier alpha value is -0.850. The van der Waals surface area contributed by atoms with Crippen LogP contribution in [-0.2, 0) is 0 Å². The number of aliphatic hydroxyl groups is 1. The van der Waals surface area contributed by atoms with Gasteiger partial charge in [-0.1, -0.05) is 43.1 Å². The number of rotatable bonds is 6. The summed E-state index contributed by atoms with van der Waals surface area (Å²) >= 11 is 0. The van der Waals surface area contributed by atoms with Crippen LogP contribution in [0, 0.1) is 5.92 Å². The lowest BCUT2D eigenvalue weighted by Gasteiger charge is -2.26. The molecule has 3 N–H and O–H groups in total. The van der Waals surface area contributed by atoms with E-state index in [1.807, 2.05) is 0 Å². The first-order valence-electron chi connectivity index (χ1n) is 7.58. The molecule has 0 heterocycles. The average molecular weight is 304 g/mol. The summed E-state index contributed by atoms with van der Waals surface area (Å²) in [5.74, 6) is -1.46. The normalized spacial score (nSPS) is 25.1. The number of aliphatic hydroxyl groups excluding tert-OH is 1. The van der Waals surface area contributed by atoms with Gasteiger partial charge < -0.3 is 5.11 Å². The van der Waals surface area contributed by atoms with Crippen molar-refractivity contribution in [3.63, 3.8) is 0 Å². The van der Waals surface area contributed by atoms with Crippen molar-refractivity contribution < 1.29 is 18.3 Å². The molecule has 1 fully saturated rings. The minimum absolute atomic E-state index is 0.335. The van der Waals surface area contributed by atoms with E-state index in [0.717, 1.165) is 12.8 Å². The maximum atomic E-state index is 12.5. The molecule has 0 amide bonds. The van der Waals surface area contributed by atoms with Crippen LogP contribution in [0.2, 0.25) is 0 Å². The van der Waals surface area contributed by atoms with Crippen LogP contribution < -0.4 is 10.6 Å². The molecule has 0 bridgehead atoms. The van der Waals surface area contributed by atoms with E-state index in [0.29, 0.717) is 24.6 Å². The van der Waals surface area contributed by atoms with Gasteiger partial charge in [0.15, 0.2) is 6.35 Å². The Kier molecular flexibility index (Phi) is 5.84. The zero-order valence-electron chi connectivity index (χ0n) is 12.0. The molecule has 21 heavy (non-hydrogen) atoms. The number of hydrogen-bond donors (Lipinski definition) is 3. The number of alkyl halides is 3. The van der Waals surface area contributed by atoms with E-state index < -0.39 is 18.4 Å². The summed E-state index contributed by atoms with van der Waals surface area (Å²) in [5.41, 5.74) is 0.662. The molecular formula is C15H23F3N2O. The maximum absolute atomic E-state index is 12.5. The van der Waals surface area contributed by atoms with Gasteiger partial charge in [-0.05, 0) is 19.3 Å². The monoisotopic (exact) mass is 304 g/mol. The summed E-state index contributed by atoms with van der Waals surface area (Å²) in [6.07, 6.45) is 5.16. The lowest BCUT2D eigenvalue weighted by Crippen LogP contribution is -2.48. The quantitative estimate of drug-likeness (QED) is 0.661. The molecule has 0 aromatic heterocycles. The molecule has 1 saturated carbocycles. The molecule has 0 saturated heterocycles. The summed E-state index contributed by atoms with van der Waals surface area (Å²) in [7, 11) is 0. The van der Waals surface area contributed by atoms with E-state index in [-0.39, 0.29) is 0 Å². The second-order valence-electron chi connectivity index (χ2n) is 5.78. The smallest absolute Gasteiger partial charge is 0.365 e. The molecule has 2 unspecified atom stereocenters. The number of halogens is 3. The SMILES string of the molecule is OC(NCCC1=CC(C(F)(F)F)C=C1)NC1CCCCC1. The maximum Gasteiger partial charge on any atom is 0.398 e. The molecule has 120 valence electrons. The predicted octanol–water partition coefficient (Wildman–Crippen LogP) is 2.84. The van der Waals surface area contributed by atoms with E-state index in [1.54, 1.807) is 0 Å². The van der Waals surface area contributed by atoms with Gasteiger partial charge in [-0.2, -0.15) is 13.2 Å². The van der Waals surface area contributed by atoms with Crippen molar-refractivity contribution >= 4 is 0 Å². The highest BCUT2D eigenvalue weighted by molar-refractivity contribution is 5.30. The molecule has 6 heteroatoms. The third kappa shape index (κ3) is 5.45. The predicted molar refractivity (Wildman–Crippen MR) is 75.4 cm³/mol. The van der Waals surface area contributed by atoms with Crippen LogP contribution >= 0.6 is 0 Å². The Morgan fingerprint density at radius 1 is 1.24 bits per heavy atom. The van der Waals surface area contributed by atoms with Gasteiger partial charge in [0, 0.05) is 12.6 Å². The minimum atomic E-state index is -4.20. The van der Waals surface area contributed by atoms with Crippen LogP contribution in [0.1, 0.15) is 38.5 Å². The topological polar surface area (TPSA) is 44.3 Å². The van der Waals surface area contributed by atoms with Crippen LogP contribution in [0.3, 0.4) is 0 Å². The van der Waals surface area contributed by atoms with Gasteiger partial charge in [0.2, 0.25) is 0 Å². The third-order valence-corrected chi connectivity index (χ3v) is 4.04. The standard InChI is InChI=1S/C15H23F3N2O/c16-15(17,18)12-7-6-11(10-12)8-9-19-14(21)20-13-4-2-1-3-5-13/h6-7,10,12-14,19-21H,1-5,8-9H2. The molecule has 0 spiro atoms. The second-order valence-corrected chi connectivity index (χ2v) is 5.78. The zero-order valence-corrected chi connectivity index (χ0v) is 12.0. The Morgan fingerprint density at radius 2 is 1.95 bits per heavy atom. The lowest BCUT2D eigenvalue weighted by molar-refractivity contribution is -0.148. The number of hydrogen-bond acceptors (Lipinski definition) is 3. The van der Waals surface area contributed by atoms with E-state index in [2.05, 4.69) is 10.6 Å². The van der Waals surface area contributed by atoms with E-state index in [9.17, 15) is 18.3 Å².